The normalized spacial score (nSPS) is 28.2. The van der Waals surface area contributed by atoms with Gasteiger partial charge in [0, 0.05) is 24.1 Å². The number of aromatic nitrogens is 2. The fraction of sp³-hybridized carbons (Fsp3) is 0.455. The first-order chi connectivity index (χ1) is 8.10. The van der Waals surface area contributed by atoms with Crippen LogP contribution in [0.4, 0.5) is 0 Å². The molecule has 1 aromatic heterocycles. The fourth-order valence-corrected chi connectivity index (χ4v) is 1.88. The molecule has 6 nitrogen and oxygen atoms in total. The van der Waals surface area contributed by atoms with Gasteiger partial charge < -0.3 is 9.84 Å². The molecule has 1 saturated heterocycles. The van der Waals surface area contributed by atoms with E-state index < -0.39 is 22.9 Å². The minimum absolute atomic E-state index is 0.0783. The SMILES string of the molecule is C=C[C@@]1(CO)CO[C@@H](n2ccc(=O)[nH]c2=O)C1. The van der Waals surface area contributed by atoms with Crippen LogP contribution < -0.4 is 11.2 Å². The summed E-state index contributed by atoms with van der Waals surface area (Å²) in [5.41, 5.74) is -1.47. The van der Waals surface area contributed by atoms with Crippen molar-refractivity contribution in [2.45, 2.75) is 12.6 Å². The Balaban J connectivity index is 2.29. The second kappa shape index (κ2) is 4.31. The van der Waals surface area contributed by atoms with E-state index in [0.29, 0.717) is 13.0 Å². The summed E-state index contributed by atoms with van der Waals surface area (Å²) in [6.07, 6.45) is 3.01. The lowest BCUT2D eigenvalue weighted by molar-refractivity contribution is 0.0444. The highest BCUT2D eigenvalue weighted by molar-refractivity contribution is 5.00. The van der Waals surface area contributed by atoms with Gasteiger partial charge in [0.1, 0.15) is 6.23 Å². The van der Waals surface area contributed by atoms with Crippen molar-refractivity contribution in [1.29, 1.82) is 0 Å². The van der Waals surface area contributed by atoms with Crippen LogP contribution in [0.2, 0.25) is 0 Å². The van der Waals surface area contributed by atoms with Gasteiger partial charge in [-0.15, -0.1) is 6.58 Å². The third-order valence-corrected chi connectivity index (χ3v) is 3.05. The molecule has 0 aromatic carbocycles. The number of ether oxygens (including phenoxy) is 1. The lowest BCUT2D eigenvalue weighted by Gasteiger charge is -2.19. The summed E-state index contributed by atoms with van der Waals surface area (Å²) in [5.74, 6) is 0. The molecule has 2 N–H and O–H groups in total. The molecule has 0 radical (unpaired) electrons. The molecule has 0 amide bonds. The topological polar surface area (TPSA) is 84.3 Å². The highest BCUT2D eigenvalue weighted by Crippen LogP contribution is 2.37. The van der Waals surface area contributed by atoms with E-state index in [9.17, 15) is 14.7 Å². The Morgan fingerprint density at radius 1 is 1.71 bits per heavy atom. The first-order valence-corrected chi connectivity index (χ1v) is 5.28. The van der Waals surface area contributed by atoms with Gasteiger partial charge in [-0.25, -0.2) is 4.79 Å². The van der Waals surface area contributed by atoms with Gasteiger partial charge in [0.2, 0.25) is 0 Å². The summed E-state index contributed by atoms with van der Waals surface area (Å²) in [5, 5.41) is 9.30. The molecule has 0 spiro atoms. The van der Waals surface area contributed by atoms with Crippen LogP contribution in [0.15, 0.2) is 34.5 Å². The molecule has 92 valence electrons. The highest BCUT2D eigenvalue weighted by Gasteiger charge is 2.38. The highest BCUT2D eigenvalue weighted by atomic mass is 16.5. The molecule has 0 bridgehead atoms. The Kier molecular flexibility index (Phi) is 2.99. The van der Waals surface area contributed by atoms with Crippen LogP contribution in [-0.2, 0) is 4.74 Å². The summed E-state index contributed by atoms with van der Waals surface area (Å²) in [6.45, 7) is 3.90. The van der Waals surface area contributed by atoms with Gasteiger partial charge in [-0.3, -0.25) is 14.3 Å². The number of aromatic amines is 1. The molecular weight excluding hydrogens is 224 g/mol. The van der Waals surface area contributed by atoms with E-state index >= 15 is 0 Å². The minimum Gasteiger partial charge on any atom is -0.395 e. The van der Waals surface area contributed by atoms with Gasteiger partial charge in [0.05, 0.1) is 13.2 Å². The summed E-state index contributed by atoms with van der Waals surface area (Å²) in [4.78, 5) is 24.6. The van der Waals surface area contributed by atoms with Crippen molar-refractivity contribution in [1.82, 2.24) is 9.55 Å². The predicted molar refractivity (Wildman–Crippen MR) is 60.6 cm³/mol. The van der Waals surface area contributed by atoms with Crippen LogP contribution in [0.1, 0.15) is 12.6 Å². The number of nitrogens with zero attached hydrogens (tertiary/aromatic N) is 1. The molecule has 1 aromatic rings. The fourth-order valence-electron chi connectivity index (χ4n) is 1.88. The zero-order valence-corrected chi connectivity index (χ0v) is 9.26. The molecule has 2 heterocycles. The molecule has 17 heavy (non-hydrogen) atoms. The van der Waals surface area contributed by atoms with Gasteiger partial charge in [0.15, 0.2) is 0 Å². The zero-order chi connectivity index (χ0) is 12.5. The molecule has 0 saturated carbocycles. The van der Waals surface area contributed by atoms with Gasteiger partial charge in [-0.2, -0.15) is 0 Å². The van der Waals surface area contributed by atoms with Crippen LogP contribution in [0.5, 0.6) is 0 Å². The van der Waals surface area contributed by atoms with E-state index in [1.54, 1.807) is 6.08 Å². The third kappa shape index (κ3) is 2.09. The maximum absolute atomic E-state index is 11.6. The summed E-state index contributed by atoms with van der Waals surface area (Å²) in [7, 11) is 0. The van der Waals surface area contributed by atoms with E-state index in [1.165, 1.54) is 16.8 Å². The standard InChI is InChI=1S/C11H14N2O4/c1-2-11(6-14)5-9(17-7-11)13-4-3-8(15)12-10(13)16/h2-4,9,14H,1,5-7H2,(H,12,15,16)/t9-,11-/m1/s1. The average Bonchev–Trinajstić information content (AvgIpc) is 2.74. The molecule has 0 unspecified atom stereocenters. The van der Waals surface area contributed by atoms with Crippen molar-refractivity contribution < 1.29 is 9.84 Å². The lowest BCUT2D eigenvalue weighted by Crippen LogP contribution is -2.31. The Labute approximate surface area is 97.2 Å². The number of rotatable bonds is 3. The predicted octanol–water partition coefficient (Wildman–Crippen LogP) is -0.380. The van der Waals surface area contributed by atoms with Gasteiger partial charge >= 0.3 is 5.69 Å². The van der Waals surface area contributed by atoms with Crippen LogP contribution >= 0.6 is 0 Å². The van der Waals surface area contributed by atoms with E-state index in [-0.39, 0.29) is 6.61 Å². The Hall–Kier alpha value is -1.66. The third-order valence-electron chi connectivity index (χ3n) is 3.05. The molecule has 2 atom stereocenters. The molecular formula is C11H14N2O4. The van der Waals surface area contributed by atoms with E-state index in [4.69, 9.17) is 4.74 Å². The van der Waals surface area contributed by atoms with Gasteiger partial charge in [-0.05, 0) is 0 Å². The molecule has 1 fully saturated rings. The first-order valence-electron chi connectivity index (χ1n) is 5.28. The summed E-state index contributed by atoms with van der Waals surface area (Å²) < 4.78 is 6.77. The maximum atomic E-state index is 11.6. The molecule has 0 aliphatic carbocycles. The number of hydrogen-bond donors (Lipinski definition) is 2. The van der Waals surface area contributed by atoms with Crippen molar-refractivity contribution in [3.05, 3.63) is 45.8 Å². The Morgan fingerprint density at radius 3 is 3.00 bits per heavy atom. The van der Waals surface area contributed by atoms with Crippen molar-refractivity contribution in [3.63, 3.8) is 0 Å². The summed E-state index contributed by atoms with van der Waals surface area (Å²) in [6, 6.07) is 1.26. The largest absolute Gasteiger partial charge is 0.395 e. The van der Waals surface area contributed by atoms with E-state index in [1.807, 2.05) is 0 Å². The quantitative estimate of drug-likeness (QED) is 0.703. The number of hydrogen-bond acceptors (Lipinski definition) is 4. The minimum atomic E-state index is -0.514. The van der Waals surface area contributed by atoms with Crippen LogP contribution in [-0.4, -0.2) is 27.9 Å². The molecule has 1 aliphatic rings. The van der Waals surface area contributed by atoms with Gasteiger partial charge in [0.25, 0.3) is 5.56 Å². The average molecular weight is 238 g/mol. The Bertz CT molecular complexity index is 533. The van der Waals surface area contributed by atoms with Crippen LogP contribution in [0, 0.1) is 5.41 Å². The first kappa shape index (κ1) is 11.8. The molecule has 1 aliphatic heterocycles. The van der Waals surface area contributed by atoms with Crippen molar-refractivity contribution in [2.24, 2.45) is 5.41 Å². The number of H-pyrrole nitrogens is 1. The second-order valence-corrected chi connectivity index (χ2v) is 4.21. The summed E-state index contributed by atoms with van der Waals surface area (Å²) >= 11 is 0. The van der Waals surface area contributed by atoms with Crippen molar-refractivity contribution in [2.75, 3.05) is 13.2 Å². The van der Waals surface area contributed by atoms with Gasteiger partial charge in [-0.1, -0.05) is 6.08 Å². The lowest BCUT2D eigenvalue weighted by atomic mass is 9.88. The van der Waals surface area contributed by atoms with Crippen molar-refractivity contribution in [3.8, 4) is 0 Å². The number of aliphatic hydroxyl groups is 1. The molecule has 6 heteroatoms. The maximum Gasteiger partial charge on any atom is 0.330 e. The van der Waals surface area contributed by atoms with E-state index in [0.717, 1.165) is 0 Å². The number of aliphatic hydroxyl groups excluding tert-OH is 1. The smallest absolute Gasteiger partial charge is 0.330 e. The van der Waals surface area contributed by atoms with Crippen LogP contribution in [0.25, 0.3) is 0 Å². The number of nitrogens with one attached hydrogen (secondary N) is 1. The van der Waals surface area contributed by atoms with E-state index in [2.05, 4.69) is 11.6 Å². The molecule has 2 rings (SSSR count). The zero-order valence-electron chi connectivity index (χ0n) is 9.26. The van der Waals surface area contributed by atoms with Crippen LogP contribution in [0.3, 0.4) is 0 Å². The van der Waals surface area contributed by atoms with Crippen molar-refractivity contribution >= 4 is 0 Å². The second-order valence-electron chi connectivity index (χ2n) is 4.21. The monoisotopic (exact) mass is 238 g/mol. The Morgan fingerprint density at radius 2 is 2.47 bits per heavy atom.